The van der Waals surface area contributed by atoms with Crippen LogP contribution in [0.5, 0.6) is 0 Å². The normalized spacial score (nSPS) is 27.6. The second kappa shape index (κ2) is 5.69. The van der Waals surface area contributed by atoms with E-state index in [1.165, 1.54) is 24.8 Å². The third-order valence-corrected chi connectivity index (χ3v) is 5.11. The number of hydrogen-bond donors (Lipinski definition) is 1. The van der Waals surface area contributed by atoms with Crippen molar-refractivity contribution in [2.45, 2.75) is 52.1 Å². The molecule has 1 aromatic carbocycles. The lowest BCUT2D eigenvalue weighted by molar-refractivity contribution is 0.195. The number of halogens is 1. The van der Waals surface area contributed by atoms with Gasteiger partial charge in [-0.15, -0.1) is 0 Å². The summed E-state index contributed by atoms with van der Waals surface area (Å²) in [7, 11) is 0. The van der Waals surface area contributed by atoms with Gasteiger partial charge in [0.05, 0.1) is 0 Å². The SMILES string of the molecule is Cc1cc(CN2CCCNC(C)(C3CC3)C2)cc(C)c1F. The summed E-state index contributed by atoms with van der Waals surface area (Å²) in [6, 6.07) is 4.02. The molecule has 1 saturated heterocycles. The van der Waals surface area contributed by atoms with Crippen LogP contribution in [0.3, 0.4) is 0 Å². The summed E-state index contributed by atoms with van der Waals surface area (Å²) >= 11 is 0. The van der Waals surface area contributed by atoms with E-state index in [9.17, 15) is 4.39 Å². The molecule has 1 unspecified atom stereocenters. The van der Waals surface area contributed by atoms with Crippen molar-refractivity contribution >= 4 is 0 Å². The minimum Gasteiger partial charge on any atom is -0.310 e. The van der Waals surface area contributed by atoms with Gasteiger partial charge >= 0.3 is 0 Å². The lowest BCUT2D eigenvalue weighted by Crippen LogP contribution is -2.50. The highest BCUT2D eigenvalue weighted by Crippen LogP contribution is 2.40. The van der Waals surface area contributed by atoms with Crippen molar-refractivity contribution in [2.24, 2.45) is 5.92 Å². The molecule has 3 heteroatoms. The van der Waals surface area contributed by atoms with Gasteiger partial charge in [-0.3, -0.25) is 4.90 Å². The zero-order chi connectivity index (χ0) is 15.0. The van der Waals surface area contributed by atoms with Crippen molar-refractivity contribution in [1.29, 1.82) is 0 Å². The van der Waals surface area contributed by atoms with Crippen molar-refractivity contribution in [3.8, 4) is 0 Å². The van der Waals surface area contributed by atoms with Crippen molar-refractivity contribution < 1.29 is 4.39 Å². The third kappa shape index (κ3) is 3.29. The van der Waals surface area contributed by atoms with Gasteiger partial charge in [0.15, 0.2) is 0 Å². The van der Waals surface area contributed by atoms with Gasteiger partial charge in [-0.2, -0.15) is 0 Å². The summed E-state index contributed by atoms with van der Waals surface area (Å²) < 4.78 is 13.8. The van der Waals surface area contributed by atoms with Crippen LogP contribution in [0.4, 0.5) is 4.39 Å². The smallest absolute Gasteiger partial charge is 0.129 e. The fraction of sp³-hybridized carbons (Fsp3) is 0.667. The summed E-state index contributed by atoms with van der Waals surface area (Å²) in [6.07, 6.45) is 3.93. The summed E-state index contributed by atoms with van der Waals surface area (Å²) in [4.78, 5) is 2.55. The molecule has 1 atom stereocenters. The van der Waals surface area contributed by atoms with Gasteiger partial charge < -0.3 is 5.32 Å². The van der Waals surface area contributed by atoms with E-state index in [1.807, 2.05) is 26.0 Å². The first kappa shape index (κ1) is 15.0. The third-order valence-electron chi connectivity index (χ3n) is 5.11. The maximum Gasteiger partial charge on any atom is 0.129 e. The Balaban J connectivity index is 1.74. The molecule has 1 aliphatic heterocycles. The highest BCUT2D eigenvalue weighted by Gasteiger charge is 2.42. The number of aryl methyl sites for hydroxylation is 2. The Bertz CT molecular complexity index is 501. The zero-order valence-corrected chi connectivity index (χ0v) is 13.5. The Kier molecular flexibility index (Phi) is 4.06. The molecule has 0 spiro atoms. The molecule has 2 aliphatic rings. The maximum absolute atomic E-state index is 13.8. The van der Waals surface area contributed by atoms with Crippen LogP contribution in [0.2, 0.25) is 0 Å². The highest BCUT2D eigenvalue weighted by atomic mass is 19.1. The molecule has 2 fully saturated rings. The van der Waals surface area contributed by atoms with Crippen LogP contribution >= 0.6 is 0 Å². The number of nitrogens with one attached hydrogen (secondary N) is 1. The average Bonchev–Trinajstić information content (AvgIpc) is 3.24. The summed E-state index contributed by atoms with van der Waals surface area (Å²) in [6.45, 7) is 10.4. The Morgan fingerprint density at radius 3 is 2.57 bits per heavy atom. The molecule has 21 heavy (non-hydrogen) atoms. The van der Waals surface area contributed by atoms with E-state index in [0.717, 1.165) is 43.2 Å². The second-order valence-electron chi connectivity index (χ2n) is 7.23. The van der Waals surface area contributed by atoms with Crippen molar-refractivity contribution in [3.05, 3.63) is 34.6 Å². The molecule has 0 aromatic heterocycles. The summed E-state index contributed by atoms with van der Waals surface area (Å²) in [5, 5.41) is 3.77. The predicted molar refractivity (Wildman–Crippen MR) is 84.9 cm³/mol. The van der Waals surface area contributed by atoms with E-state index in [0.29, 0.717) is 0 Å². The van der Waals surface area contributed by atoms with Gasteiger partial charge in [-0.25, -0.2) is 4.39 Å². The van der Waals surface area contributed by atoms with E-state index in [4.69, 9.17) is 0 Å². The van der Waals surface area contributed by atoms with Crippen molar-refractivity contribution in [3.63, 3.8) is 0 Å². The molecule has 0 radical (unpaired) electrons. The topological polar surface area (TPSA) is 15.3 Å². The van der Waals surface area contributed by atoms with Crippen LogP contribution in [-0.2, 0) is 6.54 Å². The van der Waals surface area contributed by atoms with Gasteiger partial charge in [-0.1, -0.05) is 12.1 Å². The van der Waals surface area contributed by atoms with E-state index in [2.05, 4.69) is 17.1 Å². The lowest BCUT2D eigenvalue weighted by atomic mass is 9.95. The fourth-order valence-corrected chi connectivity index (χ4v) is 3.79. The Labute approximate surface area is 127 Å². The molecule has 1 saturated carbocycles. The standard InChI is InChI=1S/C18H27FN2/c1-13-9-15(10-14(2)17(13)19)11-21-8-4-7-20-18(3,12-21)16-5-6-16/h9-10,16,20H,4-8,11-12H2,1-3H3. The minimum atomic E-state index is -0.0564. The molecule has 1 aromatic rings. The van der Waals surface area contributed by atoms with Crippen LogP contribution in [0, 0.1) is 25.6 Å². The van der Waals surface area contributed by atoms with Crippen molar-refractivity contribution in [2.75, 3.05) is 19.6 Å². The second-order valence-corrected chi connectivity index (χ2v) is 7.23. The van der Waals surface area contributed by atoms with Crippen LogP contribution in [0.25, 0.3) is 0 Å². The lowest BCUT2D eigenvalue weighted by Gasteiger charge is -2.34. The highest BCUT2D eigenvalue weighted by molar-refractivity contribution is 5.30. The molecule has 3 rings (SSSR count). The number of rotatable bonds is 3. The Morgan fingerprint density at radius 1 is 1.29 bits per heavy atom. The van der Waals surface area contributed by atoms with Crippen molar-refractivity contribution in [1.82, 2.24) is 10.2 Å². The van der Waals surface area contributed by atoms with E-state index in [1.54, 1.807) is 0 Å². The van der Waals surface area contributed by atoms with Gasteiger partial charge in [0, 0.05) is 18.6 Å². The molecule has 116 valence electrons. The zero-order valence-electron chi connectivity index (χ0n) is 13.5. The number of nitrogens with zero attached hydrogens (tertiary/aromatic N) is 1. The van der Waals surface area contributed by atoms with E-state index < -0.39 is 0 Å². The van der Waals surface area contributed by atoms with E-state index in [-0.39, 0.29) is 11.4 Å². The first-order valence-electron chi connectivity index (χ1n) is 8.21. The molecular weight excluding hydrogens is 263 g/mol. The average molecular weight is 290 g/mol. The molecule has 2 nitrogen and oxygen atoms in total. The first-order chi connectivity index (χ1) is 9.98. The van der Waals surface area contributed by atoms with Gasteiger partial charge in [0.25, 0.3) is 0 Å². The van der Waals surface area contributed by atoms with Crippen LogP contribution in [0.1, 0.15) is 42.9 Å². The fourth-order valence-electron chi connectivity index (χ4n) is 3.79. The first-order valence-corrected chi connectivity index (χ1v) is 8.21. The van der Waals surface area contributed by atoms with Gasteiger partial charge in [-0.05, 0) is 75.7 Å². The minimum absolute atomic E-state index is 0.0564. The maximum atomic E-state index is 13.8. The quantitative estimate of drug-likeness (QED) is 0.918. The molecular formula is C18H27FN2. The Hall–Kier alpha value is -0.930. The Morgan fingerprint density at radius 2 is 1.95 bits per heavy atom. The summed E-state index contributed by atoms with van der Waals surface area (Å²) in [5.74, 6) is 0.786. The monoisotopic (exact) mass is 290 g/mol. The molecule has 1 aliphatic carbocycles. The summed E-state index contributed by atoms with van der Waals surface area (Å²) in [5.41, 5.74) is 3.04. The van der Waals surface area contributed by atoms with Crippen LogP contribution in [-0.4, -0.2) is 30.1 Å². The largest absolute Gasteiger partial charge is 0.310 e. The van der Waals surface area contributed by atoms with Crippen LogP contribution < -0.4 is 5.32 Å². The molecule has 1 heterocycles. The number of benzene rings is 1. The molecule has 0 amide bonds. The number of hydrogen-bond acceptors (Lipinski definition) is 2. The molecule has 0 bridgehead atoms. The van der Waals surface area contributed by atoms with Gasteiger partial charge in [0.1, 0.15) is 5.82 Å². The van der Waals surface area contributed by atoms with Crippen LogP contribution in [0.15, 0.2) is 12.1 Å². The van der Waals surface area contributed by atoms with E-state index >= 15 is 0 Å². The van der Waals surface area contributed by atoms with Gasteiger partial charge in [0.2, 0.25) is 0 Å². The molecule has 1 N–H and O–H groups in total. The predicted octanol–water partition coefficient (Wildman–Crippen LogP) is 3.41.